The molecule has 1 aromatic rings. The van der Waals surface area contributed by atoms with Crippen molar-refractivity contribution < 1.29 is 9.59 Å². The molecular weight excluding hydrogens is 302 g/mol. The lowest BCUT2D eigenvalue weighted by molar-refractivity contribution is -0.125. The summed E-state index contributed by atoms with van der Waals surface area (Å²) in [7, 11) is 0. The van der Waals surface area contributed by atoms with Gasteiger partial charge in [0.05, 0.1) is 9.35 Å². The van der Waals surface area contributed by atoms with Gasteiger partial charge in [0.2, 0.25) is 0 Å². The van der Waals surface area contributed by atoms with Crippen LogP contribution >= 0.6 is 27.3 Å². The largest absolute Gasteiger partial charge is 0.337 e. The van der Waals surface area contributed by atoms with E-state index in [1.807, 2.05) is 18.4 Å². The molecule has 2 heterocycles. The van der Waals surface area contributed by atoms with E-state index in [-0.39, 0.29) is 11.8 Å². The highest BCUT2D eigenvalue weighted by Gasteiger charge is 2.29. The Hall–Kier alpha value is -0.680. The minimum atomic E-state index is 0.0229. The van der Waals surface area contributed by atoms with Gasteiger partial charge in [0.25, 0.3) is 5.91 Å². The predicted molar refractivity (Wildman–Crippen MR) is 71.3 cm³/mol. The van der Waals surface area contributed by atoms with Gasteiger partial charge >= 0.3 is 0 Å². The van der Waals surface area contributed by atoms with Crippen LogP contribution in [0.15, 0.2) is 15.2 Å². The van der Waals surface area contributed by atoms with E-state index in [4.69, 9.17) is 0 Å². The zero-order chi connectivity index (χ0) is 12.4. The molecule has 3 nitrogen and oxygen atoms in total. The summed E-state index contributed by atoms with van der Waals surface area (Å²) in [6.07, 6.45) is 1.31. The maximum Gasteiger partial charge on any atom is 0.254 e. The molecule has 17 heavy (non-hydrogen) atoms. The Morgan fingerprint density at radius 1 is 1.65 bits per heavy atom. The molecule has 1 unspecified atom stereocenters. The Bertz CT molecular complexity index is 443. The van der Waals surface area contributed by atoms with Crippen LogP contribution in [-0.2, 0) is 4.79 Å². The Balaban J connectivity index is 2.08. The maximum atomic E-state index is 12.2. The number of nitrogens with zero attached hydrogens (tertiary/aromatic N) is 1. The zero-order valence-corrected chi connectivity index (χ0v) is 12.0. The van der Waals surface area contributed by atoms with Crippen molar-refractivity contribution in [1.29, 1.82) is 0 Å². The third-order valence-electron chi connectivity index (χ3n) is 3.12. The van der Waals surface area contributed by atoms with Gasteiger partial charge in [-0.1, -0.05) is 6.92 Å². The molecule has 0 aromatic carbocycles. The number of piperidine rings is 1. The highest BCUT2D eigenvalue weighted by Crippen LogP contribution is 2.24. The number of hydrogen-bond donors (Lipinski definition) is 0. The Labute approximate surface area is 113 Å². The van der Waals surface area contributed by atoms with Crippen molar-refractivity contribution >= 4 is 39.0 Å². The van der Waals surface area contributed by atoms with Crippen LogP contribution in [0.4, 0.5) is 0 Å². The average molecular weight is 316 g/mol. The highest BCUT2D eigenvalue weighted by atomic mass is 79.9. The minimum Gasteiger partial charge on any atom is -0.337 e. The quantitative estimate of drug-likeness (QED) is 0.841. The molecule has 0 bridgehead atoms. The maximum absolute atomic E-state index is 12.2. The van der Waals surface area contributed by atoms with E-state index < -0.39 is 0 Å². The number of carbonyl (C=O) groups is 2. The predicted octanol–water partition coefficient (Wildman–Crippen LogP) is 2.95. The molecule has 0 spiro atoms. The van der Waals surface area contributed by atoms with Gasteiger partial charge in [-0.05, 0) is 28.4 Å². The molecule has 1 amide bonds. The van der Waals surface area contributed by atoms with Gasteiger partial charge in [-0.25, -0.2) is 0 Å². The van der Waals surface area contributed by atoms with Gasteiger partial charge in [0, 0.05) is 30.8 Å². The van der Waals surface area contributed by atoms with Gasteiger partial charge < -0.3 is 4.90 Å². The van der Waals surface area contributed by atoms with Crippen molar-refractivity contribution in [3.8, 4) is 0 Å². The fourth-order valence-corrected chi connectivity index (χ4v) is 3.18. The fraction of sp³-hybridized carbons (Fsp3) is 0.500. The van der Waals surface area contributed by atoms with E-state index >= 15 is 0 Å². The smallest absolute Gasteiger partial charge is 0.254 e. The number of hydrogen-bond acceptors (Lipinski definition) is 3. The summed E-state index contributed by atoms with van der Waals surface area (Å²) in [6, 6.07) is 1.84. The second-order valence-corrected chi connectivity index (χ2v) is 6.50. The number of rotatable bonds is 2. The van der Waals surface area contributed by atoms with Crippen LogP contribution < -0.4 is 0 Å². The van der Waals surface area contributed by atoms with E-state index in [2.05, 4.69) is 15.9 Å². The van der Waals surface area contributed by atoms with Gasteiger partial charge in [-0.15, -0.1) is 11.3 Å². The summed E-state index contributed by atoms with van der Waals surface area (Å²) in [5.41, 5.74) is 0.714. The first-order valence-corrected chi connectivity index (χ1v) is 7.35. The van der Waals surface area contributed by atoms with Crippen LogP contribution in [-0.4, -0.2) is 29.7 Å². The summed E-state index contributed by atoms with van der Waals surface area (Å²) in [5, 5.41) is 1.85. The molecule has 92 valence electrons. The molecule has 0 aliphatic carbocycles. The first kappa shape index (κ1) is 12.8. The second kappa shape index (κ2) is 5.31. The van der Waals surface area contributed by atoms with Crippen molar-refractivity contribution in [1.82, 2.24) is 4.90 Å². The van der Waals surface area contributed by atoms with Gasteiger partial charge in [-0.3, -0.25) is 9.59 Å². The van der Waals surface area contributed by atoms with Crippen LogP contribution in [0.1, 0.15) is 30.1 Å². The lowest BCUT2D eigenvalue weighted by atomic mass is 9.94. The first-order valence-electron chi connectivity index (χ1n) is 5.67. The average Bonchev–Trinajstić information content (AvgIpc) is 2.75. The Morgan fingerprint density at radius 2 is 2.41 bits per heavy atom. The van der Waals surface area contributed by atoms with Crippen molar-refractivity contribution in [3.05, 3.63) is 20.8 Å². The molecule has 2 rings (SSSR count). The number of likely N-dealkylation sites (tertiary alicyclic amines) is 1. The molecule has 1 atom stereocenters. The van der Waals surface area contributed by atoms with Crippen LogP contribution in [0.2, 0.25) is 0 Å². The van der Waals surface area contributed by atoms with Crippen molar-refractivity contribution in [2.45, 2.75) is 19.8 Å². The summed E-state index contributed by atoms with van der Waals surface area (Å²) in [5.74, 6) is 0.357. The molecular formula is C12H14BrNO2S. The normalized spacial score (nSPS) is 20.7. The summed E-state index contributed by atoms with van der Waals surface area (Å²) in [6.45, 7) is 3.13. The Kier molecular flexibility index (Phi) is 3.99. The monoisotopic (exact) mass is 315 g/mol. The summed E-state index contributed by atoms with van der Waals surface area (Å²) >= 11 is 4.86. The zero-order valence-electron chi connectivity index (χ0n) is 9.61. The third-order valence-corrected chi connectivity index (χ3v) is 4.62. The number of ketones is 1. The second-order valence-electron chi connectivity index (χ2n) is 4.21. The molecule has 1 aromatic heterocycles. The minimum absolute atomic E-state index is 0.0229. The lowest BCUT2D eigenvalue weighted by Gasteiger charge is -2.31. The van der Waals surface area contributed by atoms with E-state index in [0.29, 0.717) is 30.9 Å². The van der Waals surface area contributed by atoms with E-state index in [0.717, 1.165) is 10.2 Å². The third kappa shape index (κ3) is 2.77. The van der Waals surface area contributed by atoms with Crippen molar-refractivity contribution in [2.75, 3.05) is 13.1 Å². The molecule has 5 heteroatoms. The molecule has 0 radical (unpaired) electrons. The molecule has 0 N–H and O–H groups in total. The Morgan fingerprint density at radius 3 is 3.00 bits per heavy atom. The number of Topliss-reactive ketones (excluding diaryl/α,β-unsaturated/α-hetero) is 1. The SMILES string of the molecule is CCC1CN(C(=O)c2csc(Br)c2)CCC1=O. The van der Waals surface area contributed by atoms with Crippen LogP contribution in [0.3, 0.4) is 0 Å². The fourth-order valence-electron chi connectivity index (χ4n) is 2.05. The number of carbonyl (C=O) groups excluding carboxylic acids is 2. The summed E-state index contributed by atoms with van der Waals surface area (Å²) in [4.78, 5) is 25.6. The first-order chi connectivity index (χ1) is 8.11. The number of amides is 1. The highest BCUT2D eigenvalue weighted by molar-refractivity contribution is 9.11. The van der Waals surface area contributed by atoms with Gasteiger partial charge in [-0.2, -0.15) is 0 Å². The number of thiophene rings is 1. The molecule has 1 aliphatic heterocycles. The van der Waals surface area contributed by atoms with E-state index in [1.165, 1.54) is 11.3 Å². The van der Waals surface area contributed by atoms with Crippen molar-refractivity contribution in [2.24, 2.45) is 5.92 Å². The summed E-state index contributed by atoms with van der Waals surface area (Å²) < 4.78 is 0.959. The van der Waals surface area contributed by atoms with Crippen LogP contribution in [0.25, 0.3) is 0 Å². The number of halogens is 1. The molecule has 1 fully saturated rings. The molecule has 0 saturated carbocycles. The lowest BCUT2D eigenvalue weighted by Crippen LogP contribution is -2.43. The van der Waals surface area contributed by atoms with Gasteiger partial charge in [0.1, 0.15) is 5.78 Å². The van der Waals surface area contributed by atoms with Crippen molar-refractivity contribution in [3.63, 3.8) is 0 Å². The van der Waals surface area contributed by atoms with E-state index in [9.17, 15) is 9.59 Å². The standard InChI is InChI=1S/C12H14BrNO2S/c1-2-8-6-14(4-3-10(8)15)12(16)9-5-11(13)17-7-9/h5,7-8H,2-4,6H2,1H3. The topological polar surface area (TPSA) is 37.4 Å². The van der Waals surface area contributed by atoms with Crippen LogP contribution in [0, 0.1) is 5.92 Å². The molecule has 1 saturated heterocycles. The van der Waals surface area contributed by atoms with Gasteiger partial charge in [0.15, 0.2) is 0 Å². The molecule has 1 aliphatic rings. The van der Waals surface area contributed by atoms with E-state index in [1.54, 1.807) is 4.90 Å². The van der Waals surface area contributed by atoms with Crippen LogP contribution in [0.5, 0.6) is 0 Å².